The number of rotatable bonds is 2. The highest BCUT2D eigenvalue weighted by atomic mass is 32.2. The molecular weight excluding hydrogens is 158 g/mol. The van der Waals surface area contributed by atoms with E-state index in [1.165, 1.54) is 0 Å². The lowest BCUT2D eigenvalue weighted by Gasteiger charge is -2.29. The molecule has 3 heteroatoms. The van der Waals surface area contributed by atoms with Crippen molar-refractivity contribution in [3.05, 3.63) is 0 Å². The zero-order valence-corrected chi connectivity index (χ0v) is 8.49. The fourth-order valence-corrected chi connectivity index (χ4v) is 2.39. The van der Waals surface area contributed by atoms with Crippen molar-refractivity contribution in [3.63, 3.8) is 0 Å². The van der Waals surface area contributed by atoms with Crippen molar-refractivity contribution in [2.24, 2.45) is 0 Å². The Labute approximate surface area is 73.1 Å². The molecule has 2 nitrogen and oxygen atoms in total. The number of hydrogen-bond acceptors (Lipinski definition) is 3. The Kier molecular flexibility index (Phi) is 2.84. The molecule has 1 aliphatic rings. The number of thioether (sulfide) groups is 1. The van der Waals surface area contributed by atoms with Crippen LogP contribution in [-0.4, -0.2) is 29.9 Å². The molecule has 0 aromatic carbocycles. The number of methoxy groups -OCH3 is 1. The molecule has 1 N–H and O–H groups in total. The second kappa shape index (κ2) is 3.33. The SMILES string of the molecule is COC(C)(C)C1NCC(C)S1. The molecule has 1 fully saturated rings. The average molecular weight is 175 g/mol. The molecule has 2 unspecified atom stereocenters. The van der Waals surface area contributed by atoms with Crippen molar-refractivity contribution in [3.8, 4) is 0 Å². The molecule has 0 amide bonds. The highest BCUT2D eigenvalue weighted by Crippen LogP contribution is 2.31. The molecule has 1 saturated heterocycles. The van der Waals surface area contributed by atoms with Crippen LogP contribution >= 0.6 is 11.8 Å². The van der Waals surface area contributed by atoms with E-state index in [0.29, 0.717) is 5.37 Å². The smallest absolute Gasteiger partial charge is 0.0868 e. The molecule has 0 bridgehead atoms. The Hall–Kier alpha value is 0.270. The van der Waals surface area contributed by atoms with E-state index in [0.717, 1.165) is 11.8 Å². The van der Waals surface area contributed by atoms with E-state index < -0.39 is 0 Å². The summed E-state index contributed by atoms with van der Waals surface area (Å²) in [5, 5.41) is 4.60. The van der Waals surface area contributed by atoms with E-state index in [1.807, 2.05) is 11.8 Å². The van der Waals surface area contributed by atoms with Crippen molar-refractivity contribution in [1.29, 1.82) is 0 Å². The minimum absolute atomic E-state index is 0.0462. The first-order valence-corrected chi connectivity index (χ1v) is 4.94. The average Bonchev–Trinajstić information content (AvgIpc) is 2.36. The standard InChI is InChI=1S/C8H17NOS/c1-6-5-9-7(11-6)8(2,3)10-4/h6-7,9H,5H2,1-4H3. The van der Waals surface area contributed by atoms with Gasteiger partial charge in [0.25, 0.3) is 0 Å². The highest BCUT2D eigenvalue weighted by molar-refractivity contribution is 8.00. The Morgan fingerprint density at radius 3 is 2.55 bits per heavy atom. The summed E-state index contributed by atoms with van der Waals surface area (Å²) in [5.74, 6) is 0. The molecule has 0 radical (unpaired) electrons. The van der Waals surface area contributed by atoms with E-state index in [2.05, 4.69) is 26.1 Å². The predicted octanol–water partition coefficient (Wildman–Crippen LogP) is 1.46. The minimum atomic E-state index is -0.0462. The Bertz CT molecular complexity index is 138. The summed E-state index contributed by atoms with van der Waals surface area (Å²) in [6, 6.07) is 0. The van der Waals surface area contributed by atoms with Crippen LogP contribution in [-0.2, 0) is 4.74 Å². The minimum Gasteiger partial charge on any atom is -0.376 e. The molecule has 0 aromatic heterocycles. The number of nitrogens with one attached hydrogen (secondary N) is 1. The normalized spacial score (nSPS) is 32.7. The van der Waals surface area contributed by atoms with Gasteiger partial charge in [0.2, 0.25) is 0 Å². The van der Waals surface area contributed by atoms with Gasteiger partial charge >= 0.3 is 0 Å². The van der Waals surface area contributed by atoms with Gasteiger partial charge in [-0.2, -0.15) is 0 Å². The maximum Gasteiger partial charge on any atom is 0.0868 e. The van der Waals surface area contributed by atoms with Crippen molar-refractivity contribution in [1.82, 2.24) is 5.32 Å². The molecular formula is C8H17NOS. The summed E-state index contributed by atoms with van der Waals surface area (Å²) in [4.78, 5) is 0. The highest BCUT2D eigenvalue weighted by Gasteiger charge is 2.34. The van der Waals surface area contributed by atoms with Gasteiger partial charge in [-0.1, -0.05) is 6.92 Å². The molecule has 1 heterocycles. The topological polar surface area (TPSA) is 21.3 Å². The lowest BCUT2D eigenvalue weighted by molar-refractivity contribution is 0.0158. The van der Waals surface area contributed by atoms with Crippen molar-refractivity contribution >= 4 is 11.8 Å². The van der Waals surface area contributed by atoms with Crippen molar-refractivity contribution in [2.45, 2.75) is 37.0 Å². The second-order valence-electron chi connectivity index (χ2n) is 3.54. The van der Waals surface area contributed by atoms with Gasteiger partial charge in [0, 0.05) is 18.9 Å². The van der Waals surface area contributed by atoms with Crippen LogP contribution in [0.2, 0.25) is 0 Å². The first-order chi connectivity index (χ1) is 5.06. The van der Waals surface area contributed by atoms with Crippen molar-refractivity contribution < 1.29 is 4.74 Å². The van der Waals surface area contributed by atoms with Gasteiger partial charge < -0.3 is 10.1 Å². The third kappa shape index (κ3) is 2.10. The van der Waals surface area contributed by atoms with E-state index in [4.69, 9.17) is 4.74 Å². The zero-order valence-electron chi connectivity index (χ0n) is 7.68. The Morgan fingerprint density at radius 1 is 1.55 bits per heavy atom. The van der Waals surface area contributed by atoms with Gasteiger partial charge in [0.1, 0.15) is 0 Å². The Morgan fingerprint density at radius 2 is 2.18 bits per heavy atom. The fourth-order valence-electron chi connectivity index (χ4n) is 1.12. The van der Waals surface area contributed by atoms with Crippen LogP contribution in [0.5, 0.6) is 0 Å². The first-order valence-electron chi connectivity index (χ1n) is 4.00. The molecule has 1 rings (SSSR count). The molecule has 2 atom stereocenters. The van der Waals surface area contributed by atoms with Crippen LogP contribution in [0.1, 0.15) is 20.8 Å². The lowest BCUT2D eigenvalue weighted by Crippen LogP contribution is -2.42. The zero-order chi connectivity index (χ0) is 8.48. The molecule has 11 heavy (non-hydrogen) atoms. The summed E-state index contributed by atoms with van der Waals surface area (Å²) in [6.07, 6.45) is 0. The number of hydrogen-bond donors (Lipinski definition) is 1. The van der Waals surface area contributed by atoms with E-state index in [-0.39, 0.29) is 5.60 Å². The van der Waals surface area contributed by atoms with E-state index in [9.17, 15) is 0 Å². The van der Waals surface area contributed by atoms with Gasteiger partial charge in [-0.05, 0) is 13.8 Å². The molecule has 0 saturated carbocycles. The monoisotopic (exact) mass is 175 g/mol. The van der Waals surface area contributed by atoms with Gasteiger partial charge in [0.15, 0.2) is 0 Å². The lowest BCUT2D eigenvalue weighted by atomic mass is 10.1. The summed E-state index contributed by atoms with van der Waals surface area (Å²) < 4.78 is 5.39. The van der Waals surface area contributed by atoms with Crippen LogP contribution in [0.15, 0.2) is 0 Å². The quantitative estimate of drug-likeness (QED) is 0.686. The van der Waals surface area contributed by atoms with Gasteiger partial charge in [0.05, 0.1) is 11.0 Å². The summed E-state index contributed by atoms with van der Waals surface area (Å²) >= 11 is 1.96. The third-order valence-electron chi connectivity index (χ3n) is 2.12. The first kappa shape index (κ1) is 9.36. The summed E-state index contributed by atoms with van der Waals surface area (Å²) in [7, 11) is 1.77. The third-order valence-corrected chi connectivity index (χ3v) is 3.75. The van der Waals surface area contributed by atoms with Crippen LogP contribution in [0, 0.1) is 0 Å². The van der Waals surface area contributed by atoms with E-state index in [1.54, 1.807) is 7.11 Å². The fraction of sp³-hybridized carbons (Fsp3) is 1.00. The molecule has 0 aromatic rings. The van der Waals surface area contributed by atoms with Crippen LogP contribution in [0.4, 0.5) is 0 Å². The maximum absolute atomic E-state index is 5.39. The van der Waals surface area contributed by atoms with Crippen LogP contribution < -0.4 is 5.32 Å². The predicted molar refractivity (Wildman–Crippen MR) is 49.9 cm³/mol. The van der Waals surface area contributed by atoms with Gasteiger partial charge in [-0.3, -0.25) is 0 Å². The largest absolute Gasteiger partial charge is 0.376 e. The molecule has 0 aliphatic carbocycles. The molecule has 1 aliphatic heterocycles. The second-order valence-corrected chi connectivity index (χ2v) is 5.09. The van der Waals surface area contributed by atoms with Crippen LogP contribution in [0.25, 0.3) is 0 Å². The van der Waals surface area contributed by atoms with Gasteiger partial charge in [-0.25, -0.2) is 0 Å². The van der Waals surface area contributed by atoms with Crippen LogP contribution in [0.3, 0.4) is 0 Å². The summed E-state index contributed by atoms with van der Waals surface area (Å²) in [5.41, 5.74) is -0.0462. The summed E-state index contributed by atoms with van der Waals surface area (Å²) in [6.45, 7) is 7.58. The van der Waals surface area contributed by atoms with E-state index >= 15 is 0 Å². The maximum atomic E-state index is 5.39. The molecule has 0 spiro atoms. The Balaban J connectivity index is 2.48. The molecule has 66 valence electrons. The van der Waals surface area contributed by atoms with Gasteiger partial charge in [-0.15, -0.1) is 11.8 Å². The van der Waals surface area contributed by atoms with Crippen molar-refractivity contribution in [2.75, 3.05) is 13.7 Å². The number of ether oxygens (including phenoxy) is 1.